The SMILES string of the molecule is C=CCn1c(SCC(=O)Nc2ccc(F)cc2)nnc1-c1sc2ncccc2c1N. The molecule has 0 aliphatic rings. The number of carbonyl (C=O) groups is 1. The van der Waals surface area contributed by atoms with Crippen LogP contribution in [0.4, 0.5) is 15.8 Å². The van der Waals surface area contributed by atoms with E-state index in [0.717, 1.165) is 15.1 Å². The standard InChI is InChI=1S/C20H17FN6OS2/c1-2-10-27-18(17-16(22)14-4-3-9-23-19(14)30-17)25-26-20(27)29-11-15(28)24-13-7-5-12(21)6-8-13/h2-9H,1,10-11,22H2,(H,24,28). The van der Waals surface area contributed by atoms with Gasteiger partial charge in [-0.2, -0.15) is 0 Å². The summed E-state index contributed by atoms with van der Waals surface area (Å²) < 4.78 is 14.9. The average molecular weight is 441 g/mol. The summed E-state index contributed by atoms with van der Waals surface area (Å²) in [5.41, 5.74) is 7.46. The lowest BCUT2D eigenvalue weighted by molar-refractivity contribution is -0.113. The number of pyridine rings is 1. The van der Waals surface area contributed by atoms with Crippen LogP contribution in [0.2, 0.25) is 0 Å². The second-order valence-electron chi connectivity index (χ2n) is 6.25. The van der Waals surface area contributed by atoms with Crippen LogP contribution in [0.5, 0.6) is 0 Å². The minimum absolute atomic E-state index is 0.121. The van der Waals surface area contributed by atoms with Gasteiger partial charge in [-0.25, -0.2) is 9.37 Å². The summed E-state index contributed by atoms with van der Waals surface area (Å²) in [7, 11) is 0. The predicted molar refractivity (Wildman–Crippen MR) is 119 cm³/mol. The highest BCUT2D eigenvalue weighted by Crippen LogP contribution is 2.39. The molecular formula is C20H17FN6OS2. The average Bonchev–Trinajstić information content (AvgIpc) is 3.29. The Balaban J connectivity index is 1.55. The lowest BCUT2D eigenvalue weighted by atomic mass is 10.2. The molecular weight excluding hydrogens is 423 g/mol. The number of anilines is 2. The lowest BCUT2D eigenvalue weighted by Gasteiger charge is -2.08. The first kappa shape index (κ1) is 20.0. The minimum atomic E-state index is -0.358. The Labute approximate surface area is 179 Å². The third kappa shape index (κ3) is 4.05. The third-order valence-electron chi connectivity index (χ3n) is 4.20. The van der Waals surface area contributed by atoms with Crippen molar-refractivity contribution in [2.45, 2.75) is 11.7 Å². The first-order valence-electron chi connectivity index (χ1n) is 8.92. The molecule has 1 amide bonds. The van der Waals surface area contributed by atoms with Crippen LogP contribution in [0.25, 0.3) is 20.9 Å². The number of nitrogen functional groups attached to an aromatic ring is 1. The fraction of sp³-hybridized carbons (Fsp3) is 0.100. The van der Waals surface area contributed by atoms with E-state index in [9.17, 15) is 9.18 Å². The molecule has 4 aromatic rings. The van der Waals surface area contributed by atoms with Gasteiger partial charge in [0, 0.05) is 23.8 Å². The number of thiophene rings is 1. The molecule has 0 saturated carbocycles. The van der Waals surface area contributed by atoms with E-state index in [-0.39, 0.29) is 17.5 Å². The van der Waals surface area contributed by atoms with Crippen molar-refractivity contribution >= 4 is 50.6 Å². The second kappa shape index (κ2) is 8.64. The molecule has 3 N–H and O–H groups in total. The first-order chi connectivity index (χ1) is 14.6. The summed E-state index contributed by atoms with van der Waals surface area (Å²) in [4.78, 5) is 18.2. The maximum absolute atomic E-state index is 13.0. The number of hydrogen-bond donors (Lipinski definition) is 2. The van der Waals surface area contributed by atoms with Crippen molar-refractivity contribution < 1.29 is 9.18 Å². The zero-order valence-corrected chi connectivity index (χ0v) is 17.3. The van der Waals surface area contributed by atoms with E-state index in [2.05, 4.69) is 27.1 Å². The molecule has 1 aromatic carbocycles. The highest BCUT2D eigenvalue weighted by Gasteiger charge is 2.20. The van der Waals surface area contributed by atoms with Gasteiger partial charge in [-0.3, -0.25) is 9.36 Å². The normalized spacial score (nSPS) is 11.0. The molecule has 3 heterocycles. The molecule has 0 spiro atoms. The number of nitrogens with zero attached hydrogens (tertiary/aromatic N) is 4. The molecule has 0 unspecified atom stereocenters. The molecule has 30 heavy (non-hydrogen) atoms. The quantitative estimate of drug-likeness (QED) is 0.330. The van der Waals surface area contributed by atoms with E-state index >= 15 is 0 Å². The molecule has 152 valence electrons. The number of nitrogens with one attached hydrogen (secondary N) is 1. The fourth-order valence-electron chi connectivity index (χ4n) is 2.83. The number of halogens is 1. The van der Waals surface area contributed by atoms with E-state index in [1.165, 1.54) is 47.4 Å². The van der Waals surface area contributed by atoms with Gasteiger partial charge in [0.2, 0.25) is 5.91 Å². The molecule has 3 aromatic heterocycles. The van der Waals surface area contributed by atoms with Crippen LogP contribution in [-0.2, 0) is 11.3 Å². The van der Waals surface area contributed by atoms with Gasteiger partial charge in [0.05, 0.1) is 16.3 Å². The van der Waals surface area contributed by atoms with Gasteiger partial charge in [-0.1, -0.05) is 17.8 Å². The number of fused-ring (bicyclic) bond motifs is 1. The Morgan fingerprint density at radius 2 is 2.10 bits per heavy atom. The van der Waals surface area contributed by atoms with E-state index < -0.39 is 0 Å². The van der Waals surface area contributed by atoms with E-state index in [4.69, 9.17) is 5.73 Å². The van der Waals surface area contributed by atoms with Crippen LogP contribution in [0, 0.1) is 5.82 Å². The monoisotopic (exact) mass is 440 g/mol. The van der Waals surface area contributed by atoms with Crippen molar-refractivity contribution in [2.24, 2.45) is 0 Å². The molecule has 0 radical (unpaired) electrons. The Hall–Kier alpha value is -3.24. The molecule has 0 bridgehead atoms. The third-order valence-corrected chi connectivity index (χ3v) is 6.29. The van der Waals surface area contributed by atoms with Crippen molar-refractivity contribution in [3.8, 4) is 10.7 Å². The van der Waals surface area contributed by atoms with E-state index in [0.29, 0.717) is 28.9 Å². The van der Waals surface area contributed by atoms with Crippen molar-refractivity contribution in [1.29, 1.82) is 0 Å². The van der Waals surface area contributed by atoms with Crippen LogP contribution in [0.15, 0.2) is 60.4 Å². The van der Waals surface area contributed by atoms with Crippen LogP contribution >= 0.6 is 23.1 Å². The molecule has 0 atom stereocenters. The van der Waals surface area contributed by atoms with Gasteiger partial charge in [-0.15, -0.1) is 28.1 Å². The van der Waals surface area contributed by atoms with Crippen LogP contribution in [0.3, 0.4) is 0 Å². The number of amides is 1. The number of rotatable bonds is 7. The largest absolute Gasteiger partial charge is 0.397 e. The zero-order chi connectivity index (χ0) is 21.1. The van der Waals surface area contributed by atoms with Gasteiger partial charge < -0.3 is 11.1 Å². The molecule has 0 aliphatic heterocycles. The minimum Gasteiger partial charge on any atom is -0.397 e. The number of hydrogen-bond acceptors (Lipinski definition) is 7. The molecule has 10 heteroatoms. The van der Waals surface area contributed by atoms with Crippen molar-refractivity contribution in [2.75, 3.05) is 16.8 Å². The topological polar surface area (TPSA) is 98.7 Å². The Kier molecular flexibility index (Phi) is 5.77. The molecule has 4 rings (SSSR count). The Bertz CT molecular complexity index is 1220. The summed E-state index contributed by atoms with van der Waals surface area (Å²) in [6, 6.07) is 9.36. The molecule has 7 nitrogen and oxygen atoms in total. The summed E-state index contributed by atoms with van der Waals surface area (Å²) in [6.45, 7) is 4.26. The van der Waals surface area contributed by atoms with Gasteiger partial charge in [0.25, 0.3) is 0 Å². The van der Waals surface area contributed by atoms with Crippen molar-refractivity contribution in [3.05, 3.63) is 61.1 Å². The van der Waals surface area contributed by atoms with Crippen molar-refractivity contribution in [3.63, 3.8) is 0 Å². The van der Waals surface area contributed by atoms with Crippen LogP contribution in [-0.4, -0.2) is 31.4 Å². The van der Waals surface area contributed by atoms with Gasteiger partial charge >= 0.3 is 0 Å². The van der Waals surface area contributed by atoms with Crippen molar-refractivity contribution in [1.82, 2.24) is 19.7 Å². The lowest BCUT2D eigenvalue weighted by Crippen LogP contribution is -2.14. The van der Waals surface area contributed by atoms with Gasteiger partial charge in [0.1, 0.15) is 10.6 Å². The summed E-state index contributed by atoms with van der Waals surface area (Å²) in [5.74, 6) is 0.141. The van der Waals surface area contributed by atoms with Crippen LogP contribution in [0.1, 0.15) is 0 Å². The Morgan fingerprint density at radius 1 is 1.30 bits per heavy atom. The summed E-state index contributed by atoms with van der Waals surface area (Å²) in [5, 5.41) is 12.7. The number of allylic oxidation sites excluding steroid dienone is 1. The number of nitrogens with two attached hydrogens (primary N) is 1. The highest BCUT2D eigenvalue weighted by atomic mass is 32.2. The van der Waals surface area contributed by atoms with Gasteiger partial charge in [0.15, 0.2) is 11.0 Å². The number of carbonyl (C=O) groups excluding carboxylic acids is 1. The summed E-state index contributed by atoms with van der Waals surface area (Å²) >= 11 is 2.69. The smallest absolute Gasteiger partial charge is 0.234 e. The predicted octanol–water partition coefficient (Wildman–Crippen LogP) is 4.19. The Morgan fingerprint density at radius 3 is 2.83 bits per heavy atom. The molecule has 0 fully saturated rings. The molecule has 0 saturated heterocycles. The van der Waals surface area contributed by atoms with Crippen LogP contribution < -0.4 is 11.1 Å². The second-order valence-corrected chi connectivity index (χ2v) is 8.19. The number of thioether (sulfide) groups is 1. The summed E-state index contributed by atoms with van der Waals surface area (Å²) in [6.07, 6.45) is 3.45. The maximum Gasteiger partial charge on any atom is 0.234 e. The highest BCUT2D eigenvalue weighted by molar-refractivity contribution is 7.99. The zero-order valence-electron chi connectivity index (χ0n) is 15.7. The molecule has 0 aliphatic carbocycles. The van der Waals surface area contributed by atoms with Gasteiger partial charge in [-0.05, 0) is 36.4 Å². The number of aromatic nitrogens is 4. The maximum atomic E-state index is 13.0. The van der Waals surface area contributed by atoms with E-state index in [1.807, 2.05) is 16.7 Å². The fourth-order valence-corrected chi connectivity index (χ4v) is 4.64. The van der Waals surface area contributed by atoms with E-state index in [1.54, 1.807) is 12.3 Å². The number of benzene rings is 1. The first-order valence-corrected chi connectivity index (χ1v) is 10.7.